The summed E-state index contributed by atoms with van der Waals surface area (Å²) < 4.78 is 10.1. The Balaban J connectivity index is 3.47. The van der Waals surface area contributed by atoms with Gasteiger partial charge in [-0.15, -0.1) is 0 Å². The van der Waals surface area contributed by atoms with Crippen molar-refractivity contribution in [3.05, 3.63) is 11.6 Å². The number of hydrogen-bond acceptors (Lipinski definition) is 5. The fraction of sp³-hybridized carbons (Fsp3) is 0.462. The molecule has 1 aromatic rings. The van der Waals surface area contributed by atoms with Gasteiger partial charge in [0.15, 0.2) is 17.3 Å². The summed E-state index contributed by atoms with van der Waals surface area (Å²) in [4.78, 5) is 12.2. The lowest BCUT2D eigenvalue weighted by Gasteiger charge is -2.16. The summed E-state index contributed by atoms with van der Waals surface area (Å²) in [6, 6.07) is 1.08. The van der Waals surface area contributed by atoms with E-state index in [2.05, 4.69) is 0 Å². The average Bonchev–Trinajstić information content (AvgIpc) is 2.36. The maximum absolute atomic E-state index is 12.2. The van der Waals surface area contributed by atoms with E-state index in [-0.39, 0.29) is 40.3 Å². The van der Waals surface area contributed by atoms with Gasteiger partial charge in [-0.25, -0.2) is 0 Å². The number of carbonyl (C=O) groups excluding carboxylic acids is 1. The molecule has 0 aliphatic carbocycles. The number of phenolic OH excluding ortho intramolecular Hbond substituents is 2. The lowest BCUT2D eigenvalue weighted by Crippen LogP contribution is -2.12. The van der Waals surface area contributed by atoms with Gasteiger partial charge in [0.1, 0.15) is 11.3 Å². The van der Waals surface area contributed by atoms with Gasteiger partial charge in [0.25, 0.3) is 0 Å². The third-order valence-electron chi connectivity index (χ3n) is 2.91. The molecule has 1 rings (SSSR count). The lowest BCUT2D eigenvalue weighted by molar-refractivity contribution is 0.0920. The van der Waals surface area contributed by atoms with Crippen LogP contribution in [0.3, 0.4) is 0 Å². The molecule has 18 heavy (non-hydrogen) atoms. The zero-order chi connectivity index (χ0) is 13.9. The number of ketones is 1. The highest BCUT2D eigenvalue weighted by Gasteiger charge is 2.27. The number of hydrogen-bond donors (Lipinski definition) is 2. The van der Waals surface area contributed by atoms with Crippen molar-refractivity contribution in [3.63, 3.8) is 0 Å². The minimum absolute atomic E-state index is 0.0431. The number of methoxy groups -OCH3 is 2. The maximum atomic E-state index is 12.2. The summed E-state index contributed by atoms with van der Waals surface area (Å²) in [5.74, 6) is -0.977. The molecule has 0 aromatic heterocycles. The lowest BCUT2D eigenvalue weighted by atomic mass is 9.95. The summed E-state index contributed by atoms with van der Waals surface area (Å²) in [6.45, 7) is 3.64. The van der Waals surface area contributed by atoms with E-state index in [1.807, 2.05) is 6.92 Å². The normalized spacial score (nSPS) is 12.0. The second kappa shape index (κ2) is 5.62. The molecule has 100 valence electrons. The molecule has 0 amide bonds. The number of benzene rings is 1. The molecule has 0 spiro atoms. The van der Waals surface area contributed by atoms with Gasteiger partial charge in [0.05, 0.1) is 14.2 Å². The Kier molecular flexibility index (Phi) is 4.42. The van der Waals surface area contributed by atoms with Gasteiger partial charge in [-0.05, 0) is 6.42 Å². The van der Waals surface area contributed by atoms with Crippen LogP contribution < -0.4 is 9.47 Å². The molecule has 5 nitrogen and oxygen atoms in total. The van der Waals surface area contributed by atoms with Crippen LogP contribution in [0.1, 0.15) is 30.6 Å². The van der Waals surface area contributed by atoms with Crippen molar-refractivity contribution in [3.8, 4) is 23.0 Å². The molecule has 0 fully saturated rings. The highest BCUT2D eigenvalue weighted by atomic mass is 16.5. The van der Waals surface area contributed by atoms with Gasteiger partial charge in [0, 0.05) is 12.0 Å². The minimum Gasteiger partial charge on any atom is -0.507 e. The Bertz CT molecular complexity index is 453. The number of aromatic hydroxyl groups is 2. The molecule has 0 aliphatic heterocycles. The highest BCUT2D eigenvalue weighted by Crippen LogP contribution is 2.45. The number of carbonyl (C=O) groups is 1. The van der Waals surface area contributed by atoms with Gasteiger partial charge in [-0.2, -0.15) is 0 Å². The smallest absolute Gasteiger partial charge is 0.204 e. The van der Waals surface area contributed by atoms with E-state index in [1.165, 1.54) is 14.2 Å². The highest BCUT2D eigenvalue weighted by molar-refractivity contribution is 6.03. The number of phenols is 2. The quantitative estimate of drug-likeness (QED) is 0.789. The minimum atomic E-state index is -0.310. The van der Waals surface area contributed by atoms with Crippen molar-refractivity contribution >= 4 is 5.78 Å². The zero-order valence-corrected chi connectivity index (χ0v) is 11.0. The van der Waals surface area contributed by atoms with Crippen LogP contribution in [-0.4, -0.2) is 30.2 Å². The maximum Gasteiger partial charge on any atom is 0.204 e. The Morgan fingerprint density at radius 2 is 1.78 bits per heavy atom. The van der Waals surface area contributed by atoms with E-state index in [0.717, 1.165) is 6.07 Å². The predicted molar refractivity (Wildman–Crippen MR) is 66.7 cm³/mol. The first kappa shape index (κ1) is 14.2. The summed E-state index contributed by atoms with van der Waals surface area (Å²) in [5, 5.41) is 19.5. The largest absolute Gasteiger partial charge is 0.507 e. The van der Waals surface area contributed by atoms with Gasteiger partial charge < -0.3 is 19.7 Å². The Morgan fingerprint density at radius 3 is 2.22 bits per heavy atom. The van der Waals surface area contributed by atoms with Crippen molar-refractivity contribution in [1.29, 1.82) is 0 Å². The zero-order valence-electron chi connectivity index (χ0n) is 11.0. The van der Waals surface area contributed by atoms with Crippen molar-refractivity contribution in [2.75, 3.05) is 14.2 Å². The van der Waals surface area contributed by atoms with E-state index >= 15 is 0 Å². The molecular formula is C13H18O5. The van der Waals surface area contributed by atoms with Crippen molar-refractivity contribution in [2.45, 2.75) is 20.3 Å². The first-order chi connectivity index (χ1) is 8.47. The molecule has 0 unspecified atom stereocenters. The molecule has 0 saturated carbocycles. The van der Waals surface area contributed by atoms with Crippen LogP contribution in [0, 0.1) is 5.92 Å². The molecule has 0 radical (unpaired) electrons. The Hall–Kier alpha value is -1.91. The summed E-state index contributed by atoms with van der Waals surface area (Å²) >= 11 is 0. The molecule has 1 atom stereocenters. The topological polar surface area (TPSA) is 76.0 Å². The molecule has 0 bridgehead atoms. The SMILES string of the molecule is CC[C@@H](C)C(=O)c1c(O)cc(O)c(OC)c1OC. The van der Waals surface area contributed by atoms with Crippen LogP contribution in [0.5, 0.6) is 23.0 Å². The van der Waals surface area contributed by atoms with E-state index in [0.29, 0.717) is 6.42 Å². The van der Waals surface area contributed by atoms with Crippen LogP contribution in [0.15, 0.2) is 6.07 Å². The van der Waals surface area contributed by atoms with Crippen molar-refractivity contribution in [1.82, 2.24) is 0 Å². The van der Waals surface area contributed by atoms with E-state index < -0.39 is 0 Å². The number of rotatable bonds is 5. The van der Waals surface area contributed by atoms with E-state index in [1.54, 1.807) is 6.92 Å². The van der Waals surface area contributed by atoms with Crippen LogP contribution in [0.2, 0.25) is 0 Å². The standard InChI is InChI=1S/C13H18O5/c1-5-7(2)11(16)10-8(14)6-9(15)12(17-3)13(10)18-4/h6-7,14-15H,5H2,1-4H3/t7-/m1/s1. The van der Waals surface area contributed by atoms with Gasteiger partial charge in [-0.3, -0.25) is 4.79 Å². The fourth-order valence-electron chi connectivity index (χ4n) is 1.68. The summed E-state index contributed by atoms with van der Waals surface area (Å²) in [7, 11) is 2.70. The van der Waals surface area contributed by atoms with E-state index in [4.69, 9.17) is 9.47 Å². The van der Waals surface area contributed by atoms with Gasteiger partial charge >= 0.3 is 0 Å². The average molecular weight is 254 g/mol. The van der Waals surface area contributed by atoms with Crippen LogP contribution in [-0.2, 0) is 0 Å². The second-order valence-corrected chi connectivity index (χ2v) is 4.03. The van der Waals surface area contributed by atoms with Crippen molar-refractivity contribution < 1.29 is 24.5 Å². The molecule has 0 heterocycles. The first-order valence-corrected chi connectivity index (χ1v) is 5.68. The summed E-state index contributed by atoms with van der Waals surface area (Å²) in [5.41, 5.74) is 0.0431. The Morgan fingerprint density at radius 1 is 1.22 bits per heavy atom. The molecule has 1 aromatic carbocycles. The molecule has 5 heteroatoms. The molecular weight excluding hydrogens is 236 g/mol. The van der Waals surface area contributed by atoms with Crippen LogP contribution >= 0.6 is 0 Å². The number of ether oxygens (including phenoxy) is 2. The third-order valence-corrected chi connectivity index (χ3v) is 2.91. The van der Waals surface area contributed by atoms with Gasteiger partial charge in [0.2, 0.25) is 5.75 Å². The second-order valence-electron chi connectivity index (χ2n) is 4.03. The molecule has 0 aliphatic rings. The van der Waals surface area contributed by atoms with E-state index in [9.17, 15) is 15.0 Å². The molecule has 0 saturated heterocycles. The monoisotopic (exact) mass is 254 g/mol. The van der Waals surface area contributed by atoms with Crippen LogP contribution in [0.4, 0.5) is 0 Å². The van der Waals surface area contributed by atoms with Gasteiger partial charge in [-0.1, -0.05) is 13.8 Å². The predicted octanol–water partition coefficient (Wildman–Crippen LogP) is 2.34. The fourth-order valence-corrected chi connectivity index (χ4v) is 1.68. The molecule has 2 N–H and O–H groups in total. The number of Topliss-reactive ketones (excluding diaryl/α,β-unsaturated/α-hetero) is 1. The Labute approximate surface area is 106 Å². The third kappa shape index (κ3) is 2.34. The van der Waals surface area contributed by atoms with Crippen LogP contribution in [0.25, 0.3) is 0 Å². The van der Waals surface area contributed by atoms with Crippen molar-refractivity contribution in [2.24, 2.45) is 5.92 Å². The summed E-state index contributed by atoms with van der Waals surface area (Å²) in [6.07, 6.45) is 0.643. The first-order valence-electron chi connectivity index (χ1n) is 5.68.